The lowest BCUT2D eigenvalue weighted by Crippen LogP contribution is -2.04. The predicted octanol–water partition coefficient (Wildman–Crippen LogP) is 5.30. The fourth-order valence-corrected chi connectivity index (χ4v) is 2.96. The van der Waals surface area contributed by atoms with Crippen LogP contribution in [0.3, 0.4) is 0 Å². The molecule has 0 aromatic heterocycles. The molecule has 0 unspecified atom stereocenters. The second-order valence-corrected chi connectivity index (χ2v) is 5.95. The van der Waals surface area contributed by atoms with Crippen molar-refractivity contribution < 1.29 is 9.53 Å². The molecule has 104 valence electrons. The number of methoxy groups -OCH3 is 1. The Morgan fingerprint density at radius 2 is 1.80 bits per heavy atom. The number of ether oxygens (including phenoxy) is 1. The minimum atomic E-state index is -0.188. The van der Waals surface area contributed by atoms with Crippen LogP contribution in [0.25, 0.3) is 0 Å². The number of halogens is 3. The minimum absolute atomic E-state index is 0.188. The van der Waals surface area contributed by atoms with Crippen LogP contribution in [0.15, 0.2) is 34.8 Å². The van der Waals surface area contributed by atoms with Gasteiger partial charge in [0.25, 0.3) is 0 Å². The highest BCUT2D eigenvalue weighted by Gasteiger charge is 2.18. The normalized spacial score (nSPS) is 10.4. The largest absolute Gasteiger partial charge is 0.495 e. The van der Waals surface area contributed by atoms with Crippen molar-refractivity contribution in [2.24, 2.45) is 0 Å². The third-order valence-corrected chi connectivity index (χ3v) is 4.12. The van der Waals surface area contributed by atoms with Crippen LogP contribution in [-0.4, -0.2) is 12.9 Å². The maximum absolute atomic E-state index is 12.5. The quantitative estimate of drug-likeness (QED) is 0.682. The number of benzene rings is 2. The van der Waals surface area contributed by atoms with Crippen molar-refractivity contribution in [3.8, 4) is 5.75 Å². The van der Waals surface area contributed by atoms with Crippen molar-refractivity contribution in [1.29, 1.82) is 0 Å². The zero-order valence-electron chi connectivity index (χ0n) is 10.8. The summed E-state index contributed by atoms with van der Waals surface area (Å²) in [4.78, 5) is 12.5. The molecule has 20 heavy (non-hydrogen) atoms. The Kier molecular flexibility index (Phi) is 4.74. The number of carbonyl (C=O) groups excluding carboxylic acids is 1. The average molecular weight is 374 g/mol. The standard InChI is InChI=1S/C15H11BrCl2O2/c1-8-3-4-9(11(16)5-8)15(19)10-6-13(18)14(20-2)7-12(10)17/h3-7H,1-2H3. The molecule has 0 aliphatic carbocycles. The second kappa shape index (κ2) is 6.17. The van der Waals surface area contributed by atoms with E-state index in [4.69, 9.17) is 27.9 Å². The molecule has 0 atom stereocenters. The van der Waals surface area contributed by atoms with Gasteiger partial charge >= 0.3 is 0 Å². The summed E-state index contributed by atoms with van der Waals surface area (Å²) >= 11 is 15.6. The zero-order valence-corrected chi connectivity index (χ0v) is 13.9. The van der Waals surface area contributed by atoms with E-state index >= 15 is 0 Å². The van der Waals surface area contributed by atoms with Gasteiger partial charge in [-0.15, -0.1) is 0 Å². The Morgan fingerprint density at radius 1 is 1.10 bits per heavy atom. The molecular formula is C15H11BrCl2O2. The molecule has 0 saturated carbocycles. The number of ketones is 1. The van der Waals surface area contributed by atoms with Gasteiger partial charge in [-0.2, -0.15) is 0 Å². The Labute approximate surface area is 135 Å². The van der Waals surface area contributed by atoms with E-state index in [0.29, 0.717) is 26.9 Å². The number of hydrogen-bond donors (Lipinski definition) is 0. The molecule has 2 aromatic rings. The first-order valence-corrected chi connectivity index (χ1v) is 7.33. The van der Waals surface area contributed by atoms with E-state index in [9.17, 15) is 4.79 Å². The summed E-state index contributed by atoms with van der Waals surface area (Å²) in [7, 11) is 1.50. The smallest absolute Gasteiger partial charge is 0.195 e. The van der Waals surface area contributed by atoms with E-state index in [1.807, 2.05) is 19.1 Å². The van der Waals surface area contributed by atoms with Gasteiger partial charge in [0.1, 0.15) is 5.75 Å². The lowest BCUT2D eigenvalue weighted by Gasteiger charge is -2.09. The molecule has 0 amide bonds. The summed E-state index contributed by atoms with van der Waals surface area (Å²) in [6, 6.07) is 8.58. The van der Waals surface area contributed by atoms with E-state index in [0.717, 1.165) is 10.0 Å². The van der Waals surface area contributed by atoms with Gasteiger partial charge in [-0.3, -0.25) is 4.79 Å². The first-order chi connectivity index (χ1) is 9.43. The highest BCUT2D eigenvalue weighted by atomic mass is 79.9. The molecule has 0 radical (unpaired) electrons. The lowest BCUT2D eigenvalue weighted by molar-refractivity contribution is 0.103. The Hall–Kier alpha value is -1.03. The summed E-state index contributed by atoms with van der Waals surface area (Å²) in [5.74, 6) is 0.252. The third kappa shape index (κ3) is 3.00. The monoisotopic (exact) mass is 372 g/mol. The van der Waals surface area contributed by atoms with Gasteiger partial charge in [0.15, 0.2) is 5.78 Å². The molecule has 2 aromatic carbocycles. The highest BCUT2D eigenvalue weighted by Crippen LogP contribution is 2.33. The number of carbonyl (C=O) groups is 1. The van der Waals surface area contributed by atoms with E-state index in [-0.39, 0.29) is 5.78 Å². The number of rotatable bonds is 3. The zero-order chi connectivity index (χ0) is 14.9. The predicted molar refractivity (Wildman–Crippen MR) is 85.3 cm³/mol. The molecule has 0 bridgehead atoms. The summed E-state index contributed by atoms with van der Waals surface area (Å²) < 4.78 is 5.80. The molecule has 0 aliphatic rings. The van der Waals surface area contributed by atoms with Crippen LogP contribution in [0, 0.1) is 6.92 Å². The second-order valence-electron chi connectivity index (χ2n) is 4.28. The summed E-state index contributed by atoms with van der Waals surface area (Å²) in [6.07, 6.45) is 0. The van der Waals surface area contributed by atoms with Crippen LogP contribution >= 0.6 is 39.1 Å². The van der Waals surface area contributed by atoms with Crippen LogP contribution in [0.5, 0.6) is 5.75 Å². The summed E-state index contributed by atoms with van der Waals surface area (Å²) in [5, 5.41) is 0.659. The molecule has 2 rings (SSSR count). The van der Waals surface area contributed by atoms with Gasteiger partial charge in [-0.1, -0.05) is 45.2 Å². The topological polar surface area (TPSA) is 26.3 Å². The van der Waals surface area contributed by atoms with Crippen LogP contribution in [-0.2, 0) is 0 Å². The van der Waals surface area contributed by atoms with E-state index < -0.39 is 0 Å². The molecule has 2 nitrogen and oxygen atoms in total. The van der Waals surface area contributed by atoms with E-state index in [1.54, 1.807) is 12.1 Å². The molecule has 0 N–H and O–H groups in total. The molecule has 5 heteroatoms. The molecule has 0 spiro atoms. The Bertz CT molecular complexity index is 684. The third-order valence-electron chi connectivity index (χ3n) is 2.86. The van der Waals surface area contributed by atoms with Crippen molar-refractivity contribution in [2.75, 3.05) is 7.11 Å². The first-order valence-electron chi connectivity index (χ1n) is 5.78. The van der Waals surface area contributed by atoms with Crippen molar-refractivity contribution >= 4 is 44.9 Å². The van der Waals surface area contributed by atoms with Gasteiger partial charge in [0, 0.05) is 21.7 Å². The summed E-state index contributed by atoms with van der Waals surface area (Å²) in [5.41, 5.74) is 1.95. The lowest BCUT2D eigenvalue weighted by atomic mass is 10.0. The molecular weight excluding hydrogens is 363 g/mol. The highest BCUT2D eigenvalue weighted by molar-refractivity contribution is 9.10. The van der Waals surface area contributed by atoms with E-state index in [2.05, 4.69) is 15.9 Å². The van der Waals surface area contributed by atoms with Crippen molar-refractivity contribution in [2.45, 2.75) is 6.92 Å². The molecule has 0 fully saturated rings. The van der Waals surface area contributed by atoms with Crippen molar-refractivity contribution in [1.82, 2.24) is 0 Å². The maximum atomic E-state index is 12.5. The fourth-order valence-electron chi connectivity index (χ4n) is 1.81. The van der Waals surface area contributed by atoms with Crippen LogP contribution < -0.4 is 4.74 Å². The van der Waals surface area contributed by atoms with Gasteiger partial charge in [0.05, 0.1) is 17.2 Å². The van der Waals surface area contributed by atoms with E-state index in [1.165, 1.54) is 13.2 Å². The SMILES string of the molecule is COc1cc(Cl)c(C(=O)c2ccc(C)cc2Br)cc1Cl. The van der Waals surface area contributed by atoms with Crippen molar-refractivity contribution in [3.05, 3.63) is 61.5 Å². The van der Waals surface area contributed by atoms with Gasteiger partial charge in [-0.25, -0.2) is 0 Å². The van der Waals surface area contributed by atoms with Crippen LogP contribution in [0.4, 0.5) is 0 Å². The van der Waals surface area contributed by atoms with Crippen LogP contribution in [0.2, 0.25) is 10.0 Å². The Morgan fingerprint density at radius 3 is 2.40 bits per heavy atom. The van der Waals surface area contributed by atoms with Gasteiger partial charge in [0.2, 0.25) is 0 Å². The van der Waals surface area contributed by atoms with Crippen LogP contribution in [0.1, 0.15) is 21.5 Å². The fraction of sp³-hybridized carbons (Fsp3) is 0.133. The first kappa shape index (κ1) is 15.4. The number of hydrogen-bond acceptors (Lipinski definition) is 2. The molecule has 0 saturated heterocycles. The minimum Gasteiger partial charge on any atom is -0.495 e. The number of aryl methyl sites for hydroxylation is 1. The van der Waals surface area contributed by atoms with Gasteiger partial charge < -0.3 is 4.74 Å². The maximum Gasteiger partial charge on any atom is 0.195 e. The molecule has 0 heterocycles. The molecule has 0 aliphatic heterocycles. The average Bonchev–Trinajstić information content (AvgIpc) is 2.40. The summed E-state index contributed by atoms with van der Waals surface area (Å²) in [6.45, 7) is 1.95. The van der Waals surface area contributed by atoms with Crippen molar-refractivity contribution in [3.63, 3.8) is 0 Å². The van der Waals surface area contributed by atoms with Gasteiger partial charge in [-0.05, 0) is 30.7 Å². The Balaban J connectivity index is 2.51.